The van der Waals surface area contributed by atoms with Crippen LogP contribution < -0.4 is 0 Å². The van der Waals surface area contributed by atoms with Gasteiger partial charge in [0.15, 0.2) is 0 Å². The molecule has 0 amide bonds. The number of hydrogen-bond donors (Lipinski definition) is 0. The van der Waals surface area contributed by atoms with Gasteiger partial charge in [0.2, 0.25) is 0 Å². The van der Waals surface area contributed by atoms with Gasteiger partial charge < -0.3 is 0 Å². The number of rotatable bonds is 10. The second kappa shape index (κ2) is 8.95. The first-order chi connectivity index (χ1) is 14.7. The van der Waals surface area contributed by atoms with Crippen LogP contribution in [-0.4, -0.2) is 63.9 Å². The maximum absolute atomic E-state index is 13.5. The van der Waals surface area contributed by atoms with Crippen molar-refractivity contribution in [2.45, 2.75) is 59.5 Å². The van der Waals surface area contributed by atoms with Crippen LogP contribution in [0.4, 0.5) is 92.2 Å². The van der Waals surface area contributed by atoms with E-state index in [0.717, 1.165) is 0 Å². The van der Waals surface area contributed by atoms with Gasteiger partial charge in [-0.15, -0.1) is 0 Å². The van der Waals surface area contributed by atoms with Crippen molar-refractivity contribution in [2.75, 3.05) is 4.43 Å². The van der Waals surface area contributed by atoms with Crippen molar-refractivity contribution in [3.8, 4) is 0 Å². The molecular formula is C11H2Cl2F21I. The van der Waals surface area contributed by atoms with Crippen LogP contribution in [0.2, 0.25) is 0 Å². The Labute approximate surface area is 191 Å². The van der Waals surface area contributed by atoms with Crippen LogP contribution >= 0.6 is 35.4 Å². The monoisotopic (exact) mass is 730 g/mol. The summed E-state index contributed by atoms with van der Waals surface area (Å²) in [5.41, 5.74) is 0. The molecule has 214 valence electrons. The van der Waals surface area contributed by atoms with E-state index in [-0.39, 0.29) is 0 Å². The van der Waals surface area contributed by atoms with Gasteiger partial charge in [0, 0.05) is 0 Å². The van der Waals surface area contributed by atoms with Crippen molar-refractivity contribution >= 4 is 35.4 Å². The van der Waals surface area contributed by atoms with Crippen molar-refractivity contribution in [3.63, 3.8) is 0 Å². The molecule has 0 heterocycles. The Balaban J connectivity index is 7.03. The topological polar surface area (TPSA) is 0 Å². The average molecular weight is 731 g/mol. The fourth-order valence-electron chi connectivity index (χ4n) is 1.80. The summed E-state index contributed by atoms with van der Waals surface area (Å²) in [4.78, 5) is 0. The molecule has 0 unspecified atom stereocenters. The van der Waals surface area contributed by atoms with Gasteiger partial charge in [-0.1, -0.05) is 0 Å². The quantitative estimate of drug-likeness (QED) is 0.120. The fraction of sp³-hybridized carbons (Fsp3) is 1.00. The van der Waals surface area contributed by atoms with Crippen molar-refractivity contribution in [3.05, 3.63) is 0 Å². The molecule has 0 aliphatic rings. The predicted molar refractivity (Wildman–Crippen MR) is 81.2 cm³/mol. The molecule has 0 radical (unpaired) electrons. The number of halogens is 24. The molecule has 0 spiro atoms. The third-order valence-corrected chi connectivity index (χ3v) is 6.73. The molecule has 0 aromatic rings. The summed E-state index contributed by atoms with van der Waals surface area (Å²) in [6.07, 6.45) is -8.00. The molecule has 0 N–H and O–H groups in total. The molecule has 0 saturated carbocycles. The summed E-state index contributed by atoms with van der Waals surface area (Å²) in [6, 6.07) is 0. The first-order valence-electron chi connectivity index (χ1n) is 7.13. The summed E-state index contributed by atoms with van der Waals surface area (Å²) in [7, 11) is 9.30. The van der Waals surface area contributed by atoms with E-state index in [2.05, 4.69) is 17.8 Å². The van der Waals surface area contributed by atoms with Crippen LogP contribution in [0.3, 0.4) is 0 Å². The van der Waals surface area contributed by atoms with Gasteiger partial charge in [-0.25, -0.2) is 0 Å². The normalized spacial score (nSPS) is 17.1. The van der Waals surface area contributed by atoms with E-state index in [1.807, 2.05) is 0 Å². The average Bonchev–Trinajstić information content (AvgIpc) is 2.58. The number of alkyl halides is 22. The molecule has 0 nitrogen and oxygen atoms in total. The third kappa shape index (κ3) is 4.66. The van der Waals surface area contributed by atoms with E-state index >= 15 is 0 Å². The van der Waals surface area contributed by atoms with Gasteiger partial charge in [-0.2, -0.15) is 0 Å². The van der Waals surface area contributed by atoms with Crippen LogP contribution in [0.15, 0.2) is 0 Å². The van der Waals surface area contributed by atoms with E-state index in [1.54, 1.807) is 0 Å². The summed E-state index contributed by atoms with van der Waals surface area (Å²) in [5.74, 6) is -76.9. The van der Waals surface area contributed by atoms with E-state index in [1.165, 1.54) is 0 Å². The Hall–Kier alpha value is -0.160. The number of hydrogen-bond acceptors (Lipinski definition) is 0. The van der Waals surface area contributed by atoms with Gasteiger partial charge in [-0.05, 0) is 0 Å². The molecule has 0 aliphatic carbocycles. The predicted octanol–water partition coefficient (Wildman–Crippen LogP) is 9.08. The van der Waals surface area contributed by atoms with Crippen molar-refractivity contribution < 1.29 is 92.2 Å². The molecule has 35 heavy (non-hydrogen) atoms. The van der Waals surface area contributed by atoms with E-state index in [9.17, 15) is 92.2 Å². The molecule has 0 aromatic carbocycles. The van der Waals surface area contributed by atoms with Gasteiger partial charge in [0.1, 0.15) is 0 Å². The zero-order chi connectivity index (χ0) is 29.3. The van der Waals surface area contributed by atoms with Crippen LogP contribution in [0.25, 0.3) is 0 Å². The molecule has 0 aromatic heterocycles. The first-order valence-corrected chi connectivity index (χ1v) is 14.1. The minimum atomic E-state index is -9.17. The third-order valence-electron chi connectivity index (χ3n) is 3.84. The SMILES string of the molecule is FC(F)(F)C(F)(F)C(F)(F)C(F)(F)C(F)(F)C(F)(F)C(F)(F)C(F)(F)C(F)(F)C(F)(F)CI(Cl)Cl. The Morgan fingerprint density at radius 3 is 0.743 bits per heavy atom. The zero-order valence-corrected chi connectivity index (χ0v) is 18.4. The van der Waals surface area contributed by atoms with Gasteiger partial charge >= 0.3 is 191 Å². The van der Waals surface area contributed by atoms with E-state index in [4.69, 9.17) is 0 Å². The van der Waals surface area contributed by atoms with Crippen molar-refractivity contribution in [1.82, 2.24) is 0 Å². The Bertz CT molecular complexity index is 768. The molecule has 0 saturated heterocycles. The summed E-state index contributed by atoms with van der Waals surface area (Å²) in [5, 5.41) is 0. The summed E-state index contributed by atoms with van der Waals surface area (Å²) < 4.78 is 271. The molecule has 0 fully saturated rings. The second-order valence-electron chi connectivity index (χ2n) is 6.19. The Morgan fingerprint density at radius 1 is 0.343 bits per heavy atom. The van der Waals surface area contributed by atoms with Crippen LogP contribution in [-0.2, 0) is 0 Å². The molecule has 0 atom stereocenters. The Morgan fingerprint density at radius 2 is 0.543 bits per heavy atom. The van der Waals surface area contributed by atoms with Gasteiger partial charge in [-0.3, -0.25) is 0 Å². The Kier molecular flexibility index (Phi) is 8.91. The summed E-state index contributed by atoms with van der Waals surface area (Å²) >= 11 is -4.47. The van der Waals surface area contributed by atoms with Crippen molar-refractivity contribution in [2.24, 2.45) is 0 Å². The van der Waals surface area contributed by atoms with Crippen LogP contribution in [0.5, 0.6) is 0 Å². The van der Waals surface area contributed by atoms with Crippen molar-refractivity contribution in [1.29, 1.82) is 0 Å². The molecule has 0 rings (SSSR count). The first kappa shape index (κ1) is 34.8. The second-order valence-corrected chi connectivity index (χ2v) is 14.0. The maximum atomic E-state index is 13.5. The molecular weight excluding hydrogens is 729 g/mol. The van der Waals surface area contributed by atoms with Crippen LogP contribution in [0, 0.1) is 0 Å². The van der Waals surface area contributed by atoms with Gasteiger partial charge in [0.25, 0.3) is 0 Å². The fourth-order valence-corrected chi connectivity index (χ4v) is 4.71. The summed E-state index contributed by atoms with van der Waals surface area (Å²) in [6.45, 7) is 0. The van der Waals surface area contributed by atoms with E-state index in [0.29, 0.717) is 0 Å². The van der Waals surface area contributed by atoms with E-state index < -0.39 is 81.5 Å². The molecule has 0 bridgehead atoms. The molecule has 0 aliphatic heterocycles. The minimum absolute atomic E-state index is 2.88. The zero-order valence-electron chi connectivity index (χ0n) is 14.8. The van der Waals surface area contributed by atoms with Gasteiger partial charge in [0.05, 0.1) is 0 Å². The molecule has 24 heteroatoms. The van der Waals surface area contributed by atoms with Crippen LogP contribution in [0.1, 0.15) is 0 Å². The standard InChI is InChI=1S/C11H2Cl2F21I/c12-35(13)1-2(14,15)3(16,17)4(18,19)5(20,21)6(22,23)7(24,25)8(26,27)9(28,29)10(30,31)11(32,33)34/h1H2.